The number of halogens is 3. The van der Waals surface area contributed by atoms with Crippen molar-refractivity contribution < 1.29 is 18.0 Å². The van der Waals surface area contributed by atoms with Gasteiger partial charge in [0.15, 0.2) is 0 Å². The molecule has 32 heavy (non-hydrogen) atoms. The van der Waals surface area contributed by atoms with Crippen molar-refractivity contribution in [3.63, 3.8) is 0 Å². The van der Waals surface area contributed by atoms with Gasteiger partial charge in [-0.3, -0.25) is 4.79 Å². The SMILES string of the molecule is O=C(/C(=C/c1ccccc1)c1ccccc1)N1CCN(c2cccc(C(F)(F)F)c2)CC1. The van der Waals surface area contributed by atoms with Gasteiger partial charge in [-0.15, -0.1) is 0 Å². The molecule has 3 nitrogen and oxygen atoms in total. The van der Waals surface area contributed by atoms with Crippen LogP contribution >= 0.6 is 0 Å². The Labute approximate surface area is 185 Å². The number of carbonyl (C=O) groups excluding carboxylic acids is 1. The predicted molar refractivity (Wildman–Crippen MR) is 121 cm³/mol. The number of hydrogen-bond donors (Lipinski definition) is 0. The fourth-order valence-corrected chi connectivity index (χ4v) is 3.82. The van der Waals surface area contributed by atoms with Gasteiger partial charge in [0.05, 0.1) is 5.56 Å². The van der Waals surface area contributed by atoms with E-state index < -0.39 is 11.7 Å². The Morgan fingerprint density at radius 3 is 2.03 bits per heavy atom. The molecule has 1 saturated heterocycles. The minimum Gasteiger partial charge on any atom is -0.368 e. The van der Waals surface area contributed by atoms with Gasteiger partial charge in [-0.2, -0.15) is 13.2 Å². The molecule has 1 amide bonds. The van der Waals surface area contributed by atoms with Crippen LogP contribution in [0, 0.1) is 0 Å². The van der Waals surface area contributed by atoms with E-state index in [-0.39, 0.29) is 5.91 Å². The van der Waals surface area contributed by atoms with Crippen molar-refractivity contribution in [2.45, 2.75) is 6.18 Å². The summed E-state index contributed by atoms with van der Waals surface area (Å²) in [5.41, 5.74) is 2.23. The molecule has 164 valence electrons. The summed E-state index contributed by atoms with van der Waals surface area (Å²) in [5, 5.41) is 0. The fraction of sp³-hybridized carbons (Fsp3) is 0.192. The van der Waals surface area contributed by atoms with Crippen LogP contribution in [-0.2, 0) is 11.0 Å². The van der Waals surface area contributed by atoms with E-state index in [0.717, 1.165) is 17.2 Å². The number of anilines is 1. The average Bonchev–Trinajstić information content (AvgIpc) is 2.83. The van der Waals surface area contributed by atoms with E-state index in [4.69, 9.17) is 0 Å². The summed E-state index contributed by atoms with van der Waals surface area (Å²) in [6.45, 7) is 1.82. The van der Waals surface area contributed by atoms with E-state index in [0.29, 0.717) is 37.4 Å². The second-order valence-electron chi connectivity index (χ2n) is 7.66. The Morgan fingerprint density at radius 2 is 1.41 bits per heavy atom. The molecular formula is C26H23F3N2O. The Bertz CT molecular complexity index is 1090. The third kappa shape index (κ3) is 5.02. The van der Waals surface area contributed by atoms with Crippen molar-refractivity contribution in [2.75, 3.05) is 31.1 Å². The van der Waals surface area contributed by atoms with Crippen LogP contribution in [-0.4, -0.2) is 37.0 Å². The van der Waals surface area contributed by atoms with E-state index in [1.54, 1.807) is 11.0 Å². The predicted octanol–water partition coefficient (Wildman–Crippen LogP) is 5.59. The third-order valence-electron chi connectivity index (χ3n) is 5.53. The summed E-state index contributed by atoms with van der Waals surface area (Å²) in [4.78, 5) is 17.1. The zero-order valence-corrected chi connectivity index (χ0v) is 17.4. The average molecular weight is 436 g/mol. The van der Waals surface area contributed by atoms with Crippen LogP contribution in [0.4, 0.5) is 18.9 Å². The summed E-state index contributed by atoms with van der Waals surface area (Å²) < 4.78 is 39.2. The molecule has 6 heteroatoms. The molecule has 1 aliphatic rings. The smallest absolute Gasteiger partial charge is 0.368 e. The van der Waals surface area contributed by atoms with E-state index in [1.807, 2.05) is 71.6 Å². The van der Waals surface area contributed by atoms with Gasteiger partial charge in [-0.05, 0) is 35.4 Å². The van der Waals surface area contributed by atoms with Crippen molar-refractivity contribution >= 4 is 23.2 Å². The summed E-state index contributed by atoms with van der Waals surface area (Å²) in [7, 11) is 0. The zero-order chi connectivity index (χ0) is 22.6. The highest BCUT2D eigenvalue weighted by molar-refractivity contribution is 6.24. The van der Waals surface area contributed by atoms with Crippen LogP contribution in [0.1, 0.15) is 16.7 Å². The number of benzene rings is 3. The lowest BCUT2D eigenvalue weighted by molar-refractivity contribution is -0.137. The van der Waals surface area contributed by atoms with E-state index in [9.17, 15) is 18.0 Å². The highest BCUT2D eigenvalue weighted by Gasteiger charge is 2.31. The van der Waals surface area contributed by atoms with Crippen LogP contribution in [0.5, 0.6) is 0 Å². The number of nitrogens with zero attached hydrogens (tertiary/aromatic N) is 2. The standard InChI is InChI=1S/C26H23F3N2O/c27-26(28,29)22-12-7-13-23(19-22)30-14-16-31(17-15-30)25(32)24(21-10-5-2-6-11-21)18-20-8-3-1-4-9-20/h1-13,18-19H,14-17H2/b24-18+. The van der Waals surface area contributed by atoms with Crippen molar-refractivity contribution in [1.29, 1.82) is 0 Å². The highest BCUT2D eigenvalue weighted by Crippen LogP contribution is 2.32. The molecule has 0 saturated carbocycles. The minimum absolute atomic E-state index is 0.0799. The monoisotopic (exact) mass is 436 g/mol. The van der Waals surface area contributed by atoms with Gasteiger partial charge >= 0.3 is 6.18 Å². The van der Waals surface area contributed by atoms with Crippen LogP contribution < -0.4 is 4.90 Å². The van der Waals surface area contributed by atoms with E-state index in [1.165, 1.54) is 12.1 Å². The van der Waals surface area contributed by atoms with Crippen molar-refractivity contribution in [2.24, 2.45) is 0 Å². The molecule has 1 heterocycles. The maximum atomic E-state index is 13.4. The van der Waals surface area contributed by atoms with Gasteiger partial charge < -0.3 is 9.80 Å². The normalized spacial score (nSPS) is 15.0. The van der Waals surface area contributed by atoms with Crippen LogP contribution in [0.3, 0.4) is 0 Å². The number of hydrogen-bond acceptors (Lipinski definition) is 2. The van der Waals surface area contributed by atoms with Crippen LogP contribution in [0.2, 0.25) is 0 Å². The molecule has 0 N–H and O–H groups in total. The van der Waals surface area contributed by atoms with E-state index >= 15 is 0 Å². The van der Waals surface area contributed by atoms with Gasteiger partial charge in [0, 0.05) is 37.4 Å². The molecule has 0 atom stereocenters. The number of alkyl halides is 3. The largest absolute Gasteiger partial charge is 0.416 e. The lowest BCUT2D eigenvalue weighted by Crippen LogP contribution is -2.49. The van der Waals surface area contributed by atoms with Crippen molar-refractivity contribution in [3.8, 4) is 0 Å². The third-order valence-corrected chi connectivity index (χ3v) is 5.53. The number of piperazine rings is 1. The molecule has 3 aromatic carbocycles. The molecule has 0 aromatic heterocycles. The van der Waals surface area contributed by atoms with Gasteiger partial charge in [0.1, 0.15) is 0 Å². The molecule has 1 fully saturated rings. The van der Waals surface area contributed by atoms with Crippen LogP contribution in [0.15, 0.2) is 84.9 Å². The van der Waals surface area contributed by atoms with Gasteiger partial charge in [-0.25, -0.2) is 0 Å². The van der Waals surface area contributed by atoms with Gasteiger partial charge in [-0.1, -0.05) is 66.7 Å². The van der Waals surface area contributed by atoms with E-state index in [2.05, 4.69) is 0 Å². The summed E-state index contributed by atoms with van der Waals surface area (Å²) >= 11 is 0. The molecule has 1 aliphatic heterocycles. The second kappa shape index (κ2) is 9.30. The maximum absolute atomic E-state index is 13.4. The topological polar surface area (TPSA) is 23.6 Å². The second-order valence-corrected chi connectivity index (χ2v) is 7.66. The van der Waals surface area contributed by atoms with Crippen molar-refractivity contribution in [3.05, 3.63) is 102 Å². The van der Waals surface area contributed by atoms with Crippen LogP contribution in [0.25, 0.3) is 11.6 Å². The molecule has 0 unspecified atom stereocenters. The first-order valence-electron chi connectivity index (χ1n) is 10.5. The number of carbonyl (C=O) groups is 1. The zero-order valence-electron chi connectivity index (χ0n) is 17.4. The summed E-state index contributed by atoms with van der Waals surface area (Å²) in [6.07, 6.45) is -2.49. The lowest BCUT2D eigenvalue weighted by Gasteiger charge is -2.36. The summed E-state index contributed by atoms with van der Waals surface area (Å²) in [5.74, 6) is -0.0799. The molecule has 0 radical (unpaired) electrons. The first kappa shape index (κ1) is 21.7. The molecule has 3 aromatic rings. The van der Waals surface area contributed by atoms with Gasteiger partial charge in [0.25, 0.3) is 5.91 Å². The lowest BCUT2D eigenvalue weighted by atomic mass is 10.0. The molecule has 0 bridgehead atoms. The Balaban J connectivity index is 1.52. The molecular weight excluding hydrogens is 413 g/mol. The Morgan fingerprint density at radius 1 is 0.781 bits per heavy atom. The molecule has 0 aliphatic carbocycles. The first-order chi connectivity index (χ1) is 15.4. The first-order valence-corrected chi connectivity index (χ1v) is 10.5. The molecule has 0 spiro atoms. The maximum Gasteiger partial charge on any atom is 0.416 e. The van der Waals surface area contributed by atoms with Gasteiger partial charge in [0.2, 0.25) is 0 Å². The fourth-order valence-electron chi connectivity index (χ4n) is 3.82. The molecule has 4 rings (SSSR count). The van der Waals surface area contributed by atoms with Crippen molar-refractivity contribution in [1.82, 2.24) is 4.90 Å². The highest BCUT2D eigenvalue weighted by atomic mass is 19.4. The number of rotatable bonds is 4. The minimum atomic E-state index is -4.37. The number of amides is 1. The Hall–Kier alpha value is -3.54. The quantitative estimate of drug-likeness (QED) is 0.393. The Kier molecular flexibility index (Phi) is 6.30. The summed E-state index contributed by atoms with van der Waals surface area (Å²) in [6, 6.07) is 24.5.